The lowest BCUT2D eigenvalue weighted by Crippen LogP contribution is -2.50. The van der Waals surface area contributed by atoms with Crippen LogP contribution in [-0.2, 0) is 13.1 Å². The van der Waals surface area contributed by atoms with Crippen LogP contribution in [0.5, 0.6) is 0 Å². The lowest BCUT2D eigenvalue weighted by Gasteiger charge is -2.32. The highest BCUT2D eigenvalue weighted by Crippen LogP contribution is 2.11. The van der Waals surface area contributed by atoms with Crippen molar-refractivity contribution in [2.75, 3.05) is 66.5 Å². The van der Waals surface area contributed by atoms with E-state index in [2.05, 4.69) is 54.0 Å². The highest BCUT2D eigenvalue weighted by molar-refractivity contribution is 9.10. The molecule has 2 aliphatic heterocycles. The third kappa shape index (κ3) is 13.6. The Kier molecular flexibility index (Phi) is 17.1. The lowest BCUT2D eigenvalue weighted by atomic mass is 10.2. The Morgan fingerprint density at radius 1 is 0.763 bits per heavy atom. The molecule has 3 N–H and O–H groups in total. The van der Waals surface area contributed by atoms with Crippen LogP contribution in [0, 0.1) is 0 Å². The molecule has 2 heterocycles. The van der Waals surface area contributed by atoms with Gasteiger partial charge in [-0.05, 0) is 61.1 Å². The number of hydrogen-bond acceptors (Lipinski definition) is 5. The van der Waals surface area contributed by atoms with Gasteiger partial charge in [-0.15, -0.1) is 12.4 Å². The minimum atomic E-state index is -0.326. The number of hydrogen-bond donors (Lipinski definition) is 2. The second-order valence-electron chi connectivity index (χ2n) is 8.95. The van der Waals surface area contributed by atoms with Crippen LogP contribution < -0.4 is 11.1 Å². The summed E-state index contributed by atoms with van der Waals surface area (Å²) < 4.78 is 2.15. The predicted octanol–water partition coefficient (Wildman–Crippen LogP) is 4.83. The maximum atomic E-state index is 11.9. The fraction of sp³-hybridized carbons (Fsp3) is 0.462. The average Bonchev–Trinajstić information content (AvgIpc) is 2.90. The van der Waals surface area contributed by atoms with Gasteiger partial charge in [-0.2, -0.15) is 0 Å². The fourth-order valence-corrected chi connectivity index (χ4v) is 4.20. The van der Waals surface area contributed by atoms with Crippen molar-refractivity contribution in [1.29, 1.82) is 0 Å². The van der Waals surface area contributed by atoms with Crippen LogP contribution in [0.3, 0.4) is 0 Å². The number of benzene rings is 2. The van der Waals surface area contributed by atoms with Crippen LogP contribution in [0.25, 0.3) is 0 Å². The molecule has 0 saturated carbocycles. The van der Waals surface area contributed by atoms with Crippen molar-refractivity contribution >= 4 is 67.3 Å². The normalized spacial score (nSPS) is 15.7. The van der Waals surface area contributed by atoms with E-state index >= 15 is 0 Å². The summed E-state index contributed by atoms with van der Waals surface area (Å²) in [6, 6.07) is 16.0. The van der Waals surface area contributed by atoms with Crippen molar-refractivity contribution in [1.82, 2.24) is 24.9 Å². The fourth-order valence-electron chi connectivity index (χ4n) is 3.50. The van der Waals surface area contributed by atoms with Crippen LogP contribution in [0.15, 0.2) is 57.5 Å². The maximum Gasteiger partial charge on any atom is 0.317 e. The molecule has 2 fully saturated rings. The Hall–Kier alpha value is -1.40. The molecule has 2 saturated heterocycles. The van der Waals surface area contributed by atoms with Gasteiger partial charge in [0.05, 0.1) is 0 Å². The number of likely N-dealkylation sites (N-methyl/N-ethyl adjacent to an activating group) is 2. The molecular formula is C26H38Br2Cl2N6O2. The van der Waals surface area contributed by atoms with E-state index in [-0.39, 0.29) is 23.8 Å². The quantitative estimate of drug-likeness (QED) is 0.355. The average molecular weight is 697 g/mol. The summed E-state index contributed by atoms with van der Waals surface area (Å²) in [5.41, 5.74) is 7.66. The molecule has 2 aliphatic rings. The number of nitrogens with two attached hydrogens (primary N) is 1. The van der Waals surface area contributed by atoms with Gasteiger partial charge in [0.15, 0.2) is 0 Å². The van der Waals surface area contributed by atoms with Crippen LogP contribution in [0.1, 0.15) is 11.1 Å². The van der Waals surface area contributed by atoms with Gasteiger partial charge >= 0.3 is 11.4 Å². The molecule has 0 bridgehead atoms. The predicted molar refractivity (Wildman–Crippen MR) is 165 cm³/mol. The summed E-state index contributed by atoms with van der Waals surface area (Å²) in [7, 11) is 4.12. The Balaban J connectivity index is 0.000000307. The third-order valence-electron chi connectivity index (χ3n) is 6.05. The van der Waals surface area contributed by atoms with Crippen LogP contribution in [0.4, 0.5) is 9.59 Å². The van der Waals surface area contributed by atoms with Crippen molar-refractivity contribution in [3.8, 4) is 0 Å². The van der Waals surface area contributed by atoms with Gasteiger partial charge < -0.3 is 30.7 Å². The van der Waals surface area contributed by atoms with E-state index in [0.29, 0.717) is 13.1 Å². The van der Waals surface area contributed by atoms with E-state index < -0.39 is 0 Å². The van der Waals surface area contributed by atoms with Crippen LogP contribution >= 0.6 is 55.9 Å². The number of piperazine rings is 2. The molecule has 212 valence electrons. The first-order valence-electron chi connectivity index (χ1n) is 12.2. The molecule has 0 unspecified atom stereocenters. The summed E-state index contributed by atoms with van der Waals surface area (Å²) in [6.45, 7) is 8.10. The number of carbonyl (C=O) groups is 2. The summed E-state index contributed by atoms with van der Waals surface area (Å²) in [5.74, 6) is 0. The van der Waals surface area contributed by atoms with Gasteiger partial charge in [0.2, 0.25) is 0 Å². The minimum Gasteiger partial charge on any atom is -0.334 e. The Morgan fingerprint density at radius 2 is 1.16 bits per heavy atom. The van der Waals surface area contributed by atoms with Gasteiger partial charge in [-0.1, -0.05) is 56.1 Å². The number of urea groups is 1. The van der Waals surface area contributed by atoms with E-state index in [4.69, 9.17) is 17.3 Å². The number of carbonyl (C=O) groups excluding carboxylic acids is 2. The summed E-state index contributed by atoms with van der Waals surface area (Å²) in [5, 5.41) is 2.63. The number of halogens is 4. The first-order chi connectivity index (χ1) is 17.7. The summed E-state index contributed by atoms with van der Waals surface area (Å²) in [4.78, 5) is 30.5. The van der Waals surface area contributed by atoms with E-state index in [1.807, 2.05) is 60.5 Å². The molecule has 12 heteroatoms. The lowest BCUT2D eigenvalue weighted by molar-refractivity contribution is 0.154. The Morgan fingerprint density at radius 3 is 1.55 bits per heavy atom. The molecular weight excluding hydrogens is 659 g/mol. The van der Waals surface area contributed by atoms with E-state index in [1.54, 1.807) is 4.90 Å². The van der Waals surface area contributed by atoms with Gasteiger partial charge in [-0.25, -0.2) is 4.79 Å². The molecule has 8 nitrogen and oxygen atoms in total. The molecule has 2 aromatic rings. The number of nitrogens with one attached hydrogen (secondary N) is 1. The number of rotatable bonds is 3. The summed E-state index contributed by atoms with van der Waals surface area (Å²) >= 11 is 12.0. The molecule has 0 spiro atoms. The monoisotopic (exact) mass is 694 g/mol. The second kappa shape index (κ2) is 18.8. The molecule has 2 aromatic carbocycles. The van der Waals surface area contributed by atoms with Gasteiger partial charge in [-0.3, -0.25) is 4.79 Å². The van der Waals surface area contributed by atoms with Crippen molar-refractivity contribution < 1.29 is 9.59 Å². The zero-order chi connectivity index (χ0) is 27.2. The Bertz CT molecular complexity index is 953. The highest BCUT2D eigenvalue weighted by Gasteiger charge is 2.18. The van der Waals surface area contributed by atoms with Gasteiger partial charge in [0, 0.05) is 74.4 Å². The molecule has 0 radical (unpaired) electrons. The minimum absolute atomic E-state index is 0. The first-order valence-corrected chi connectivity index (χ1v) is 14.2. The SMILES string of the molecule is CN1CCN(C(=O)Cl)CC1.CN1CCN(C(=O)NCc2ccc(Br)cc2)CC1.Cl.NCc1ccc(Br)cc1. The van der Waals surface area contributed by atoms with Crippen molar-refractivity contribution in [3.63, 3.8) is 0 Å². The molecule has 38 heavy (non-hydrogen) atoms. The Labute approximate surface area is 254 Å². The summed E-state index contributed by atoms with van der Waals surface area (Å²) in [6.07, 6.45) is 0. The topological polar surface area (TPSA) is 85.2 Å². The number of amides is 3. The van der Waals surface area contributed by atoms with Crippen LogP contribution in [0.2, 0.25) is 0 Å². The van der Waals surface area contributed by atoms with Crippen molar-refractivity contribution in [3.05, 3.63) is 68.6 Å². The molecule has 0 aliphatic carbocycles. The molecule has 3 amide bonds. The molecule has 4 rings (SSSR count). The zero-order valence-electron chi connectivity index (χ0n) is 21.9. The largest absolute Gasteiger partial charge is 0.334 e. The van der Waals surface area contributed by atoms with E-state index in [9.17, 15) is 9.59 Å². The standard InChI is InChI=1S/C13H18BrN3O.C7H8BrN.C6H11ClN2O.ClH/c1-16-6-8-17(9-7-16)13(18)15-10-11-2-4-12(14)5-3-11;8-7-3-1-6(5-9)2-4-7;1-8-2-4-9(5-3-8)6(7)10;/h2-5H,6-10H2,1H3,(H,15,18);1-4H,5,9H2;2-5H2,1H3;1H. The third-order valence-corrected chi connectivity index (χ3v) is 7.34. The van der Waals surface area contributed by atoms with E-state index in [0.717, 1.165) is 66.9 Å². The smallest absolute Gasteiger partial charge is 0.317 e. The highest BCUT2D eigenvalue weighted by atomic mass is 79.9. The van der Waals surface area contributed by atoms with E-state index in [1.165, 1.54) is 5.56 Å². The van der Waals surface area contributed by atoms with Gasteiger partial charge in [0.25, 0.3) is 0 Å². The zero-order valence-corrected chi connectivity index (χ0v) is 26.7. The maximum absolute atomic E-state index is 11.9. The van der Waals surface area contributed by atoms with Crippen molar-refractivity contribution in [2.24, 2.45) is 5.73 Å². The molecule has 0 aromatic heterocycles. The van der Waals surface area contributed by atoms with Crippen molar-refractivity contribution in [2.45, 2.75) is 13.1 Å². The molecule has 0 atom stereocenters. The first kappa shape index (κ1) is 34.6. The van der Waals surface area contributed by atoms with Gasteiger partial charge in [0.1, 0.15) is 0 Å². The number of nitrogens with zero attached hydrogens (tertiary/aromatic N) is 4. The second-order valence-corrected chi connectivity index (χ2v) is 11.1. The van der Waals surface area contributed by atoms with Crippen LogP contribution in [-0.4, -0.2) is 97.5 Å².